The summed E-state index contributed by atoms with van der Waals surface area (Å²) in [4.78, 5) is 18.3. The van der Waals surface area contributed by atoms with Gasteiger partial charge in [-0.15, -0.1) is 0 Å². The molecule has 3 aromatic rings. The Hall–Kier alpha value is -2.62. The van der Waals surface area contributed by atoms with Crippen LogP contribution in [0.25, 0.3) is 0 Å². The second kappa shape index (κ2) is 11.4. The van der Waals surface area contributed by atoms with E-state index in [9.17, 15) is 27.1 Å². The Morgan fingerprint density at radius 3 is 2.54 bits per heavy atom. The monoisotopic (exact) mass is 620 g/mol. The fourth-order valence-corrected chi connectivity index (χ4v) is 4.33. The second-order valence-corrected chi connectivity index (χ2v) is 10.9. The highest BCUT2D eigenvalue weighted by molar-refractivity contribution is 14.1. The van der Waals surface area contributed by atoms with E-state index in [1.165, 1.54) is 4.90 Å². The number of sulfonamides is 1. The lowest BCUT2D eigenvalue weighted by Crippen LogP contribution is -2.46. The zero-order valence-corrected chi connectivity index (χ0v) is 21.5. The molecule has 0 radical (unpaired) electrons. The quantitative estimate of drug-likeness (QED) is 0.296. The van der Waals surface area contributed by atoms with Crippen LogP contribution in [0, 0.1) is 15.2 Å². The molecule has 0 saturated carbocycles. The summed E-state index contributed by atoms with van der Waals surface area (Å²) in [5, 5.41) is 10.7. The third kappa shape index (κ3) is 8.23. The molecule has 0 aliphatic carbocycles. The average Bonchev–Trinajstić information content (AvgIpc) is 3.18. The smallest absolute Gasteiger partial charge is 0.309 e. The molecule has 1 amide bonds. The topological polar surface area (TPSA) is 139 Å². The van der Waals surface area contributed by atoms with Gasteiger partial charge in [0.25, 0.3) is 5.91 Å². The molecule has 4 N–H and O–H groups in total. The van der Waals surface area contributed by atoms with E-state index < -0.39 is 39.7 Å². The third-order valence-electron chi connectivity index (χ3n) is 4.84. The lowest BCUT2D eigenvalue weighted by atomic mass is 10.0. The Morgan fingerprint density at radius 1 is 1.23 bits per heavy atom. The fourth-order valence-electron chi connectivity index (χ4n) is 3.31. The lowest BCUT2D eigenvalue weighted by Gasteiger charge is -2.28. The fraction of sp³-hybridized carbons (Fsp3) is 0.273. The highest BCUT2D eigenvalue weighted by atomic mass is 127. The van der Waals surface area contributed by atoms with Crippen LogP contribution in [0.2, 0.25) is 0 Å². The number of nitrogens with zero attached hydrogens (tertiary/aromatic N) is 2. The lowest BCUT2D eigenvalue weighted by molar-refractivity contribution is 0.0549. The van der Waals surface area contributed by atoms with Crippen LogP contribution in [0.5, 0.6) is 0 Å². The van der Waals surface area contributed by atoms with Crippen LogP contribution in [0.15, 0.2) is 53.1 Å². The summed E-state index contributed by atoms with van der Waals surface area (Å²) < 4.78 is 57.8. The molecule has 188 valence electrons. The van der Waals surface area contributed by atoms with E-state index in [0.717, 1.165) is 39.9 Å². The maximum atomic E-state index is 13.5. The normalized spacial score (nSPS) is 13.3. The Balaban J connectivity index is 1.80. The van der Waals surface area contributed by atoms with Crippen molar-refractivity contribution in [2.75, 3.05) is 17.5 Å². The number of hydrogen-bond donors (Lipinski definition) is 3. The van der Waals surface area contributed by atoms with E-state index in [1.807, 2.05) is 22.9 Å². The summed E-state index contributed by atoms with van der Waals surface area (Å²) in [6, 6.07) is 8.98. The first-order chi connectivity index (χ1) is 16.4. The van der Waals surface area contributed by atoms with Crippen molar-refractivity contribution in [3.8, 4) is 0 Å². The predicted octanol–water partition coefficient (Wildman–Crippen LogP) is 2.50. The number of amides is 1. The molecule has 2 atom stereocenters. The van der Waals surface area contributed by atoms with Crippen molar-refractivity contribution in [2.45, 2.75) is 25.1 Å². The molecule has 0 aliphatic rings. The number of hydrogen-bond acceptors (Lipinski definition) is 7. The molecule has 0 fully saturated rings. The van der Waals surface area contributed by atoms with Crippen LogP contribution in [0.3, 0.4) is 0 Å². The summed E-state index contributed by atoms with van der Waals surface area (Å²) in [7, 11) is -3.67. The molecule has 13 heteroatoms. The summed E-state index contributed by atoms with van der Waals surface area (Å²) in [5.74, 6) is -2.17. The number of halogens is 3. The number of nitrogens with one attached hydrogen (secondary N) is 1. The van der Waals surface area contributed by atoms with E-state index in [-0.39, 0.29) is 36.8 Å². The van der Waals surface area contributed by atoms with E-state index in [1.54, 1.807) is 6.07 Å². The van der Waals surface area contributed by atoms with Crippen molar-refractivity contribution < 1.29 is 31.5 Å². The van der Waals surface area contributed by atoms with E-state index in [0.29, 0.717) is 0 Å². The molecule has 1 aromatic heterocycles. The summed E-state index contributed by atoms with van der Waals surface area (Å²) in [5.41, 5.74) is 6.92. The van der Waals surface area contributed by atoms with Gasteiger partial charge in [0, 0.05) is 28.8 Å². The Kier molecular flexibility index (Phi) is 8.79. The van der Waals surface area contributed by atoms with Crippen molar-refractivity contribution in [1.29, 1.82) is 0 Å². The minimum atomic E-state index is -3.67. The average molecular weight is 620 g/mol. The molecular formula is C22H23F2IN4O5S. The number of aliphatic hydroxyl groups excluding tert-OH is 1. The van der Waals surface area contributed by atoms with Crippen molar-refractivity contribution in [1.82, 2.24) is 9.88 Å². The minimum Gasteiger partial charge on any atom is -0.431 e. The Morgan fingerprint density at radius 2 is 1.91 bits per heavy atom. The second-order valence-electron chi connectivity index (χ2n) is 7.94. The van der Waals surface area contributed by atoms with Gasteiger partial charge in [0.1, 0.15) is 17.9 Å². The standard InChI is InChI=1S/C22H23F2IN4O5S/c1-35(32,33)28-22-27-19(12-34-22)21(31)29(10-13-3-2-4-17(25)7-13)11-20(30)18(26)8-14-5-15(23)9-16(24)6-14/h2-7,9,12,18,20,30H,8,10-11,26H2,1H3,(H,27,28). The van der Waals surface area contributed by atoms with Crippen molar-refractivity contribution in [3.63, 3.8) is 0 Å². The van der Waals surface area contributed by atoms with Crippen LogP contribution in [0.4, 0.5) is 14.8 Å². The molecule has 0 spiro atoms. The molecule has 3 rings (SSSR count). The van der Waals surface area contributed by atoms with Crippen LogP contribution < -0.4 is 10.5 Å². The number of rotatable bonds is 10. The molecular weight excluding hydrogens is 597 g/mol. The first-order valence-electron chi connectivity index (χ1n) is 10.3. The van der Waals surface area contributed by atoms with Gasteiger partial charge in [-0.1, -0.05) is 12.1 Å². The maximum Gasteiger partial charge on any atom is 0.309 e. The first kappa shape index (κ1) is 27.0. The van der Waals surface area contributed by atoms with Gasteiger partial charge in [0.2, 0.25) is 10.0 Å². The van der Waals surface area contributed by atoms with Crippen LogP contribution >= 0.6 is 22.6 Å². The number of oxazole rings is 1. The van der Waals surface area contributed by atoms with Gasteiger partial charge < -0.3 is 20.2 Å². The van der Waals surface area contributed by atoms with Crippen LogP contribution in [-0.2, 0) is 23.0 Å². The highest BCUT2D eigenvalue weighted by Gasteiger charge is 2.26. The zero-order chi connectivity index (χ0) is 25.8. The van der Waals surface area contributed by atoms with Gasteiger partial charge in [-0.25, -0.2) is 21.9 Å². The summed E-state index contributed by atoms with van der Waals surface area (Å²) in [6.45, 7) is -0.152. The molecule has 0 saturated heterocycles. The number of aliphatic hydroxyl groups is 1. The number of anilines is 1. The van der Waals surface area contributed by atoms with E-state index in [4.69, 9.17) is 10.2 Å². The minimum absolute atomic E-state index is 0.0342. The molecule has 0 aliphatic heterocycles. The van der Waals surface area contributed by atoms with Gasteiger partial charge in [-0.2, -0.15) is 4.98 Å². The van der Waals surface area contributed by atoms with E-state index in [2.05, 4.69) is 27.6 Å². The number of carbonyl (C=O) groups is 1. The van der Waals surface area contributed by atoms with Gasteiger partial charge in [0.05, 0.1) is 12.4 Å². The van der Waals surface area contributed by atoms with Crippen LogP contribution in [-0.4, -0.2) is 54.3 Å². The number of carbonyl (C=O) groups excluding carboxylic acids is 1. The van der Waals surface area contributed by atoms with Gasteiger partial charge in [-0.3, -0.25) is 4.79 Å². The van der Waals surface area contributed by atoms with Crippen molar-refractivity contribution >= 4 is 44.5 Å². The van der Waals surface area contributed by atoms with Crippen molar-refractivity contribution in [3.05, 3.63) is 80.8 Å². The first-order valence-corrected chi connectivity index (χ1v) is 13.2. The predicted molar refractivity (Wildman–Crippen MR) is 133 cm³/mol. The zero-order valence-electron chi connectivity index (χ0n) is 18.5. The summed E-state index contributed by atoms with van der Waals surface area (Å²) in [6.07, 6.45) is 0.616. The molecule has 9 nitrogen and oxygen atoms in total. The van der Waals surface area contributed by atoms with Crippen LogP contribution in [0.1, 0.15) is 21.6 Å². The van der Waals surface area contributed by atoms with E-state index >= 15 is 0 Å². The molecule has 2 aromatic carbocycles. The molecule has 35 heavy (non-hydrogen) atoms. The van der Waals surface area contributed by atoms with Gasteiger partial charge in [-0.05, 0) is 64.4 Å². The third-order valence-corrected chi connectivity index (χ3v) is 6.06. The SMILES string of the molecule is CS(=O)(=O)Nc1nc(C(=O)N(Cc2cccc(I)c2)CC(O)C(N)Cc2cc(F)cc(F)c2)co1. The van der Waals surface area contributed by atoms with Gasteiger partial charge >= 0.3 is 6.01 Å². The Bertz CT molecular complexity index is 1280. The largest absolute Gasteiger partial charge is 0.431 e. The maximum absolute atomic E-state index is 13.5. The highest BCUT2D eigenvalue weighted by Crippen LogP contribution is 2.17. The number of benzene rings is 2. The molecule has 1 heterocycles. The number of aromatic nitrogens is 1. The van der Waals surface area contributed by atoms with Crippen molar-refractivity contribution in [2.24, 2.45) is 5.73 Å². The summed E-state index contributed by atoms with van der Waals surface area (Å²) >= 11 is 2.12. The van der Waals surface area contributed by atoms with Gasteiger partial charge in [0.15, 0.2) is 5.69 Å². The molecule has 2 unspecified atom stereocenters. The Labute approximate surface area is 214 Å². The molecule has 0 bridgehead atoms. The number of nitrogens with two attached hydrogens (primary N) is 1.